The molecule has 0 atom stereocenters. The number of amides is 1. The second-order valence-corrected chi connectivity index (χ2v) is 9.51. The lowest BCUT2D eigenvalue weighted by Crippen LogP contribution is -2.31. The highest BCUT2D eigenvalue weighted by atomic mass is 35.5. The normalized spacial score (nSPS) is 15.3. The van der Waals surface area contributed by atoms with E-state index in [9.17, 15) is 14.4 Å². The number of carbonyl (C=O) groups excluding carboxylic acids is 3. The maximum atomic E-state index is 12.5. The van der Waals surface area contributed by atoms with Gasteiger partial charge in [-0.05, 0) is 70.4 Å². The summed E-state index contributed by atoms with van der Waals surface area (Å²) in [4.78, 5) is 43.1. The van der Waals surface area contributed by atoms with Crippen molar-refractivity contribution in [1.29, 1.82) is 0 Å². The molecule has 1 aromatic rings. The average molecular weight is 502 g/mol. The maximum Gasteiger partial charge on any atom is 0.311 e. The fraction of sp³-hybridized carbons (Fsp3) is 0.481. The third kappa shape index (κ3) is 7.04. The van der Waals surface area contributed by atoms with Gasteiger partial charge in [-0.15, -0.1) is 0 Å². The van der Waals surface area contributed by atoms with Crippen LogP contribution in [0.3, 0.4) is 0 Å². The maximum absolute atomic E-state index is 12.5. The molecule has 7 nitrogen and oxygen atoms in total. The van der Waals surface area contributed by atoms with Crippen LogP contribution in [0.1, 0.15) is 59.9 Å². The zero-order chi connectivity index (χ0) is 26.3. The van der Waals surface area contributed by atoms with Gasteiger partial charge in [0.2, 0.25) is 11.7 Å². The fourth-order valence-corrected chi connectivity index (χ4v) is 3.86. The third-order valence-corrected chi connectivity index (χ3v) is 6.56. The number of anilines is 1. The molecular formula is C27H36ClN3O4. The lowest BCUT2D eigenvalue weighted by Gasteiger charge is -2.25. The van der Waals surface area contributed by atoms with E-state index in [-0.39, 0.29) is 22.6 Å². The molecule has 0 saturated carbocycles. The second kappa shape index (κ2) is 12.2. The SMILES string of the molecule is CCC1=C(Cl)C(=O)C(NC(C)=O)=C/C1=N\c1ccc(N(CC)CCOC(=O)C(C)(C)CC)cc1C. The van der Waals surface area contributed by atoms with Crippen LogP contribution < -0.4 is 10.2 Å². The zero-order valence-electron chi connectivity index (χ0n) is 21.8. The Kier molecular flexibility index (Phi) is 9.83. The van der Waals surface area contributed by atoms with E-state index in [2.05, 4.69) is 17.1 Å². The van der Waals surface area contributed by atoms with Crippen LogP contribution in [0.2, 0.25) is 0 Å². The number of rotatable bonds is 10. The summed E-state index contributed by atoms with van der Waals surface area (Å²) < 4.78 is 5.50. The van der Waals surface area contributed by atoms with E-state index in [0.29, 0.717) is 30.9 Å². The minimum Gasteiger partial charge on any atom is -0.463 e. The van der Waals surface area contributed by atoms with E-state index < -0.39 is 11.2 Å². The number of carbonyl (C=O) groups is 3. The van der Waals surface area contributed by atoms with Crippen molar-refractivity contribution < 1.29 is 19.1 Å². The second-order valence-electron chi connectivity index (χ2n) is 9.14. The summed E-state index contributed by atoms with van der Waals surface area (Å²) in [6, 6.07) is 5.91. The summed E-state index contributed by atoms with van der Waals surface area (Å²) in [5.41, 5.74) is 3.49. The number of aliphatic imine (C=N–C) groups is 1. The van der Waals surface area contributed by atoms with Gasteiger partial charge in [-0.2, -0.15) is 0 Å². The van der Waals surface area contributed by atoms with Crippen molar-refractivity contribution in [2.75, 3.05) is 24.6 Å². The van der Waals surface area contributed by atoms with Crippen LogP contribution in [0, 0.1) is 12.3 Å². The number of hydrogen-bond acceptors (Lipinski definition) is 6. The van der Waals surface area contributed by atoms with Gasteiger partial charge < -0.3 is 15.0 Å². The molecule has 1 aliphatic carbocycles. The lowest BCUT2D eigenvalue weighted by molar-refractivity contribution is -0.153. The van der Waals surface area contributed by atoms with Crippen molar-refractivity contribution >= 4 is 46.3 Å². The summed E-state index contributed by atoms with van der Waals surface area (Å²) in [6.07, 6.45) is 2.83. The first kappa shape index (κ1) is 28.3. The van der Waals surface area contributed by atoms with Crippen molar-refractivity contribution in [3.05, 3.63) is 46.1 Å². The Morgan fingerprint density at radius 1 is 1.20 bits per heavy atom. The van der Waals surface area contributed by atoms with Crippen molar-refractivity contribution in [2.24, 2.45) is 10.4 Å². The molecule has 0 fully saturated rings. The smallest absolute Gasteiger partial charge is 0.311 e. The summed E-state index contributed by atoms with van der Waals surface area (Å²) in [7, 11) is 0. The van der Waals surface area contributed by atoms with E-state index in [1.54, 1.807) is 6.08 Å². The molecular weight excluding hydrogens is 466 g/mol. The van der Waals surface area contributed by atoms with Gasteiger partial charge in [0.25, 0.3) is 0 Å². The van der Waals surface area contributed by atoms with E-state index in [1.165, 1.54) is 6.92 Å². The summed E-state index contributed by atoms with van der Waals surface area (Å²) in [5.74, 6) is -0.946. The summed E-state index contributed by atoms with van der Waals surface area (Å²) in [6.45, 7) is 14.7. The van der Waals surface area contributed by atoms with Crippen LogP contribution in [-0.2, 0) is 19.1 Å². The number of allylic oxidation sites excluding steroid dienone is 3. The Morgan fingerprint density at radius 3 is 2.43 bits per heavy atom. The molecule has 0 unspecified atom stereocenters. The van der Waals surface area contributed by atoms with Crippen molar-refractivity contribution in [3.8, 4) is 0 Å². The highest BCUT2D eigenvalue weighted by Crippen LogP contribution is 2.30. The molecule has 0 aromatic heterocycles. The Balaban J connectivity index is 2.26. The molecule has 1 aliphatic rings. The Hall–Kier alpha value is -2.93. The molecule has 0 bridgehead atoms. The first-order chi connectivity index (χ1) is 16.4. The van der Waals surface area contributed by atoms with Crippen LogP contribution in [0.4, 0.5) is 11.4 Å². The third-order valence-electron chi connectivity index (χ3n) is 6.16. The number of halogens is 1. The van der Waals surface area contributed by atoms with Crippen molar-refractivity contribution in [3.63, 3.8) is 0 Å². The molecule has 2 rings (SSSR count). The number of benzene rings is 1. The summed E-state index contributed by atoms with van der Waals surface area (Å²) in [5, 5.41) is 2.61. The van der Waals surface area contributed by atoms with E-state index >= 15 is 0 Å². The minimum atomic E-state index is -0.485. The molecule has 190 valence electrons. The van der Waals surface area contributed by atoms with Crippen LogP contribution in [-0.4, -0.2) is 43.1 Å². The first-order valence-electron chi connectivity index (χ1n) is 12.0. The predicted molar refractivity (Wildman–Crippen MR) is 141 cm³/mol. The van der Waals surface area contributed by atoms with Gasteiger partial charge in [-0.25, -0.2) is 4.99 Å². The monoisotopic (exact) mass is 501 g/mol. The van der Waals surface area contributed by atoms with Crippen LogP contribution in [0.15, 0.2) is 45.6 Å². The molecule has 35 heavy (non-hydrogen) atoms. The Morgan fingerprint density at radius 2 is 1.89 bits per heavy atom. The van der Waals surface area contributed by atoms with Crippen molar-refractivity contribution in [1.82, 2.24) is 5.32 Å². The molecule has 1 N–H and O–H groups in total. The summed E-state index contributed by atoms with van der Waals surface area (Å²) >= 11 is 6.32. The van der Waals surface area contributed by atoms with Gasteiger partial charge in [-0.3, -0.25) is 14.4 Å². The number of ether oxygens (including phenoxy) is 1. The lowest BCUT2D eigenvalue weighted by atomic mass is 9.91. The van der Waals surface area contributed by atoms with Crippen LogP contribution in [0.5, 0.6) is 0 Å². The van der Waals surface area contributed by atoms with E-state index in [1.807, 2.05) is 52.8 Å². The van der Waals surface area contributed by atoms with Gasteiger partial charge in [-0.1, -0.05) is 25.4 Å². The number of nitrogens with one attached hydrogen (secondary N) is 1. The molecule has 8 heteroatoms. The number of aryl methyl sites for hydroxylation is 1. The molecule has 0 spiro atoms. The van der Waals surface area contributed by atoms with Gasteiger partial charge >= 0.3 is 5.97 Å². The number of likely N-dealkylation sites (N-methyl/N-ethyl adjacent to an activating group) is 1. The Labute approximate surface area is 213 Å². The molecule has 0 saturated heterocycles. The van der Waals surface area contributed by atoms with Gasteiger partial charge in [0.05, 0.1) is 34.1 Å². The standard InChI is InChI=1S/C27H36ClN3O4/c1-8-20-22(16-23(29-18(5)32)25(33)24(20)28)30-21-12-11-19(15-17(21)4)31(10-3)13-14-35-26(34)27(6,7)9-2/h11-12,15-16H,8-10,13-14H2,1-7H3,(H,29,32)/b30-22+. The van der Waals surface area contributed by atoms with Gasteiger partial charge in [0.15, 0.2) is 0 Å². The molecule has 0 radical (unpaired) electrons. The zero-order valence-corrected chi connectivity index (χ0v) is 22.5. The number of ketones is 1. The molecule has 0 heterocycles. The van der Waals surface area contributed by atoms with Gasteiger partial charge in [0.1, 0.15) is 6.61 Å². The van der Waals surface area contributed by atoms with Crippen LogP contribution >= 0.6 is 11.6 Å². The van der Waals surface area contributed by atoms with Crippen LogP contribution in [0.25, 0.3) is 0 Å². The molecule has 1 aromatic carbocycles. The topological polar surface area (TPSA) is 88.1 Å². The Bertz CT molecular complexity index is 1090. The molecule has 0 aliphatic heterocycles. The predicted octanol–water partition coefficient (Wildman–Crippen LogP) is 5.38. The number of Topliss-reactive ketones (excluding diaryl/α,β-unsaturated/α-hetero) is 1. The average Bonchev–Trinajstić information content (AvgIpc) is 2.81. The largest absolute Gasteiger partial charge is 0.463 e. The van der Waals surface area contributed by atoms with E-state index in [0.717, 1.165) is 29.9 Å². The quantitative estimate of drug-likeness (QED) is 0.343. The fourth-order valence-electron chi connectivity index (χ4n) is 3.53. The first-order valence-corrected chi connectivity index (χ1v) is 12.4. The number of nitrogens with zero attached hydrogens (tertiary/aromatic N) is 2. The van der Waals surface area contributed by atoms with Gasteiger partial charge in [0, 0.05) is 24.7 Å². The number of esters is 1. The number of hydrogen-bond donors (Lipinski definition) is 1. The van der Waals surface area contributed by atoms with Crippen molar-refractivity contribution in [2.45, 2.75) is 61.3 Å². The highest BCUT2D eigenvalue weighted by Gasteiger charge is 2.27. The van der Waals surface area contributed by atoms with E-state index in [4.69, 9.17) is 21.3 Å². The minimum absolute atomic E-state index is 0.0738. The highest BCUT2D eigenvalue weighted by molar-refractivity contribution is 6.49. The molecule has 1 amide bonds.